The lowest BCUT2D eigenvalue weighted by molar-refractivity contribution is 0.186. The summed E-state index contributed by atoms with van der Waals surface area (Å²) in [4.78, 5) is 4.63. The van der Waals surface area contributed by atoms with Crippen LogP contribution in [0, 0.1) is 12.7 Å². The van der Waals surface area contributed by atoms with Crippen LogP contribution in [0.4, 0.5) is 10.2 Å². The Balaban J connectivity index is 1.78. The Kier molecular flexibility index (Phi) is 8.86. The van der Waals surface area contributed by atoms with Crippen LogP contribution in [0.5, 0.6) is 0 Å². The average Bonchev–Trinajstić information content (AvgIpc) is 3.20. The molecule has 0 amide bonds. The van der Waals surface area contributed by atoms with Crippen molar-refractivity contribution in [3.63, 3.8) is 0 Å². The van der Waals surface area contributed by atoms with Crippen molar-refractivity contribution in [3.8, 4) is 5.69 Å². The monoisotopic (exact) mass is 549 g/mol. The largest absolute Gasteiger partial charge is 0.385 e. The molecular weight excluding hydrogens is 517 g/mol. The molecule has 0 atom stereocenters. The van der Waals surface area contributed by atoms with Gasteiger partial charge in [-0.05, 0) is 62.9 Å². The third kappa shape index (κ3) is 6.32. The number of aromatic nitrogens is 2. The highest BCUT2D eigenvalue weighted by atomic mass is 35.5. The van der Waals surface area contributed by atoms with E-state index in [1.54, 1.807) is 36.1 Å². The van der Waals surface area contributed by atoms with Crippen LogP contribution in [-0.4, -0.2) is 80.9 Å². The van der Waals surface area contributed by atoms with Crippen LogP contribution < -0.4 is 4.90 Å². The third-order valence-electron chi connectivity index (χ3n) is 6.55. The van der Waals surface area contributed by atoms with Crippen LogP contribution in [0.3, 0.4) is 0 Å². The maximum Gasteiger partial charge on any atom is 0.243 e. The van der Waals surface area contributed by atoms with Crippen LogP contribution in [0.2, 0.25) is 5.02 Å². The standard InChI is InChI=1S/C26H33ClFN5O3S/c1-20-25(19-32(12-5-17-36-3)37(34,35)24-10-8-21(27)9-11-24)26(31-15-13-30(2)14-16-31)33(29-20)23-7-4-6-22(28)18-23/h4,6-11,18H,5,12-17,19H2,1-3H3. The summed E-state index contributed by atoms with van der Waals surface area (Å²) in [6.45, 7) is 5.89. The predicted molar refractivity (Wildman–Crippen MR) is 144 cm³/mol. The Labute approximate surface area is 223 Å². The van der Waals surface area contributed by atoms with Gasteiger partial charge in [0.05, 0.1) is 16.3 Å². The van der Waals surface area contributed by atoms with Gasteiger partial charge in [0.25, 0.3) is 0 Å². The van der Waals surface area contributed by atoms with E-state index in [0.717, 1.165) is 37.6 Å². The van der Waals surface area contributed by atoms with Gasteiger partial charge in [0.1, 0.15) is 11.6 Å². The molecule has 11 heteroatoms. The second-order valence-electron chi connectivity index (χ2n) is 9.21. The fourth-order valence-electron chi connectivity index (χ4n) is 4.46. The molecule has 2 heterocycles. The molecule has 2 aromatic carbocycles. The smallest absolute Gasteiger partial charge is 0.243 e. The Morgan fingerprint density at radius 2 is 1.81 bits per heavy atom. The van der Waals surface area contributed by atoms with E-state index >= 15 is 0 Å². The molecule has 200 valence electrons. The number of hydrogen-bond acceptors (Lipinski definition) is 6. The van der Waals surface area contributed by atoms with E-state index in [4.69, 9.17) is 21.4 Å². The zero-order valence-electron chi connectivity index (χ0n) is 21.4. The molecule has 0 aliphatic carbocycles. The number of benzene rings is 2. The SMILES string of the molecule is COCCCN(Cc1c(C)nn(-c2cccc(F)c2)c1N1CCN(C)CC1)S(=O)(=O)c1ccc(Cl)cc1. The molecule has 1 aliphatic rings. The fraction of sp³-hybridized carbons (Fsp3) is 0.423. The summed E-state index contributed by atoms with van der Waals surface area (Å²) in [6, 6.07) is 12.5. The minimum atomic E-state index is -3.84. The first kappa shape index (κ1) is 27.5. The van der Waals surface area contributed by atoms with Crippen LogP contribution in [0.1, 0.15) is 17.7 Å². The van der Waals surface area contributed by atoms with Crippen molar-refractivity contribution in [1.82, 2.24) is 19.0 Å². The normalized spacial score (nSPS) is 15.0. The molecule has 0 saturated carbocycles. The number of hydrogen-bond donors (Lipinski definition) is 0. The second kappa shape index (κ2) is 11.9. The third-order valence-corrected chi connectivity index (χ3v) is 8.67. The van der Waals surface area contributed by atoms with E-state index in [2.05, 4.69) is 16.8 Å². The highest BCUT2D eigenvalue weighted by Gasteiger charge is 2.30. The fourth-order valence-corrected chi connectivity index (χ4v) is 6.04. The number of methoxy groups -OCH3 is 1. The van der Waals surface area contributed by atoms with Crippen molar-refractivity contribution in [2.24, 2.45) is 0 Å². The molecule has 0 unspecified atom stereocenters. The maximum atomic E-state index is 14.2. The molecule has 0 bridgehead atoms. The lowest BCUT2D eigenvalue weighted by atomic mass is 10.2. The van der Waals surface area contributed by atoms with E-state index < -0.39 is 10.0 Å². The number of likely N-dealkylation sites (N-methyl/N-ethyl adjacent to an activating group) is 1. The summed E-state index contributed by atoms with van der Waals surface area (Å²) in [7, 11) is -0.169. The van der Waals surface area contributed by atoms with Gasteiger partial charge in [0, 0.05) is 63.6 Å². The van der Waals surface area contributed by atoms with Gasteiger partial charge in [-0.3, -0.25) is 0 Å². The van der Waals surface area contributed by atoms with E-state index in [1.165, 1.54) is 28.6 Å². The summed E-state index contributed by atoms with van der Waals surface area (Å²) >= 11 is 6.01. The number of nitrogens with zero attached hydrogens (tertiary/aromatic N) is 5. The van der Waals surface area contributed by atoms with E-state index in [-0.39, 0.29) is 23.8 Å². The Morgan fingerprint density at radius 3 is 2.46 bits per heavy atom. The second-order valence-corrected chi connectivity index (χ2v) is 11.6. The van der Waals surface area contributed by atoms with Crippen molar-refractivity contribution in [1.29, 1.82) is 0 Å². The molecule has 3 aromatic rings. The van der Waals surface area contributed by atoms with Gasteiger partial charge in [-0.15, -0.1) is 0 Å². The van der Waals surface area contributed by atoms with Gasteiger partial charge in [0.2, 0.25) is 10.0 Å². The Hall–Kier alpha value is -2.50. The molecule has 1 fully saturated rings. The molecule has 37 heavy (non-hydrogen) atoms. The summed E-state index contributed by atoms with van der Waals surface area (Å²) in [5, 5.41) is 5.23. The minimum absolute atomic E-state index is 0.123. The van der Waals surface area contributed by atoms with Gasteiger partial charge >= 0.3 is 0 Å². The number of sulfonamides is 1. The van der Waals surface area contributed by atoms with Crippen LogP contribution in [-0.2, 0) is 21.3 Å². The average molecular weight is 550 g/mol. The van der Waals surface area contributed by atoms with Crippen LogP contribution >= 0.6 is 11.6 Å². The highest BCUT2D eigenvalue weighted by Crippen LogP contribution is 2.31. The van der Waals surface area contributed by atoms with Gasteiger partial charge < -0.3 is 14.5 Å². The van der Waals surface area contributed by atoms with Gasteiger partial charge in [-0.1, -0.05) is 17.7 Å². The van der Waals surface area contributed by atoms with Crippen molar-refractivity contribution in [2.75, 3.05) is 58.4 Å². The molecule has 0 radical (unpaired) electrons. The molecule has 1 saturated heterocycles. The first-order chi connectivity index (χ1) is 17.7. The van der Waals surface area contributed by atoms with Gasteiger partial charge in [-0.25, -0.2) is 17.5 Å². The topological polar surface area (TPSA) is 70.9 Å². The number of anilines is 1. The number of aryl methyl sites for hydroxylation is 1. The summed E-state index contributed by atoms with van der Waals surface area (Å²) in [5.74, 6) is 0.433. The molecule has 0 N–H and O–H groups in total. The quantitative estimate of drug-likeness (QED) is 0.357. The lowest BCUT2D eigenvalue weighted by Gasteiger charge is -2.35. The van der Waals surface area contributed by atoms with E-state index in [1.807, 2.05) is 6.92 Å². The Morgan fingerprint density at radius 1 is 1.11 bits per heavy atom. The summed E-state index contributed by atoms with van der Waals surface area (Å²) in [6.07, 6.45) is 0.532. The van der Waals surface area contributed by atoms with Crippen LogP contribution in [0.25, 0.3) is 5.69 Å². The first-order valence-electron chi connectivity index (χ1n) is 12.2. The summed E-state index contributed by atoms with van der Waals surface area (Å²) in [5.41, 5.74) is 2.08. The van der Waals surface area contributed by atoms with Crippen molar-refractivity contribution in [2.45, 2.75) is 24.8 Å². The zero-order chi connectivity index (χ0) is 26.6. The zero-order valence-corrected chi connectivity index (χ0v) is 23.0. The minimum Gasteiger partial charge on any atom is -0.385 e. The molecule has 0 spiro atoms. The highest BCUT2D eigenvalue weighted by molar-refractivity contribution is 7.89. The van der Waals surface area contributed by atoms with Crippen LogP contribution in [0.15, 0.2) is 53.4 Å². The predicted octanol–water partition coefficient (Wildman–Crippen LogP) is 3.95. The first-order valence-corrected chi connectivity index (χ1v) is 14.0. The lowest BCUT2D eigenvalue weighted by Crippen LogP contribution is -2.45. The number of halogens is 2. The van der Waals surface area contributed by atoms with Crippen molar-refractivity contribution in [3.05, 3.63) is 70.6 Å². The van der Waals surface area contributed by atoms with E-state index in [0.29, 0.717) is 29.4 Å². The van der Waals surface area contributed by atoms with Gasteiger partial charge in [0.15, 0.2) is 0 Å². The van der Waals surface area contributed by atoms with Crippen molar-refractivity contribution < 1.29 is 17.5 Å². The van der Waals surface area contributed by atoms with Crippen molar-refractivity contribution >= 4 is 27.4 Å². The molecule has 4 rings (SSSR count). The molecule has 1 aliphatic heterocycles. The molecule has 1 aromatic heterocycles. The number of piperazine rings is 1. The number of ether oxygens (including phenoxy) is 1. The molecular formula is C26H33ClFN5O3S. The maximum absolute atomic E-state index is 14.2. The number of rotatable bonds is 10. The Bertz CT molecular complexity index is 1310. The van der Waals surface area contributed by atoms with E-state index in [9.17, 15) is 12.8 Å². The van der Waals surface area contributed by atoms with Gasteiger partial charge in [-0.2, -0.15) is 9.40 Å². The summed E-state index contributed by atoms with van der Waals surface area (Å²) < 4.78 is 50.1. The molecule has 8 nitrogen and oxygen atoms in total.